The number of methoxy groups -OCH3 is 1. The fourth-order valence-corrected chi connectivity index (χ4v) is 4.43. The highest BCUT2D eigenvalue weighted by Crippen LogP contribution is 2.41. The predicted molar refractivity (Wildman–Crippen MR) is 121 cm³/mol. The van der Waals surface area contributed by atoms with Gasteiger partial charge in [-0.1, -0.05) is 97.9 Å². The molecule has 0 bridgehead atoms. The van der Waals surface area contributed by atoms with Crippen LogP contribution in [0.1, 0.15) is 30.0 Å². The molecule has 4 nitrogen and oxygen atoms in total. The third-order valence-electron chi connectivity index (χ3n) is 6.11. The molecule has 4 heteroatoms. The Hall–Kier alpha value is -2.50. The van der Waals surface area contributed by atoms with Crippen LogP contribution in [0.15, 0.2) is 91.0 Å². The number of rotatable bonds is 7. The van der Waals surface area contributed by atoms with Crippen molar-refractivity contribution in [2.75, 3.05) is 13.7 Å². The van der Waals surface area contributed by atoms with Crippen molar-refractivity contribution >= 4 is 0 Å². The fraction of sp³-hybridized carbons (Fsp3) is 0.333. The largest absolute Gasteiger partial charge is 0.388 e. The lowest BCUT2D eigenvalue weighted by Gasteiger charge is -2.41. The highest BCUT2D eigenvalue weighted by Gasteiger charge is 2.41. The number of aliphatic hydroxyl groups excluding tert-OH is 1. The minimum atomic E-state index is -0.786. The lowest BCUT2D eigenvalue weighted by Crippen LogP contribution is -2.47. The van der Waals surface area contributed by atoms with E-state index in [-0.39, 0.29) is 12.0 Å². The van der Waals surface area contributed by atoms with Crippen molar-refractivity contribution in [3.05, 3.63) is 108 Å². The molecule has 3 aromatic carbocycles. The molecule has 1 unspecified atom stereocenters. The van der Waals surface area contributed by atoms with Gasteiger partial charge in [0.1, 0.15) is 11.7 Å². The van der Waals surface area contributed by atoms with Gasteiger partial charge in [-0.2, -0.15) is 0 Å². The smallest absolute Gasteiger partial charge is 0.183 e. The highest BCUT2D eigenvalue weighted by molar-refractivity contribution is 5.47. The van der Waals surface area contributed by atoms with E-state index in [1.54, 1.807) is 7.11 Å². The van der Waals surface area contributed by atoms with Gasteiger partial charge in [0.2, 0.25) is 0 Å². The van der Waals surface area contributed by atoms with Crippen LogP contribution < -0.4 is 0 Å². The van der Waals surface area contributed by atoms with Gasteiger partial charge >= 0.3 is 0 Å². The summed E-state index contributed by atoms with van der Waals surface area (Å²) in [4.78, 5) is 0. The van der Waals surface area contributed by atoms with Crippen LogP contribution in [0.2, 0.25) is 0 Å². The number of hydrogen-bond donors (Lipinski definition) is 1. The molecule has 0 aliphatic carbocycles. The molecule has 1 aliphatic rings. The quantitative estimate of drug-likeness (QED) is 0.563. The summed E-state index contributed by atoms with van der Waals surface area (Å²) in [7, 11) is 1.56. The molecule has 1 heterocycles. The summed E-state index contributed by atoms with van der Waals surface area (Å²) in [6, 6.07) is 30.9. The molecule has 1 N–H and O–H groups in total. The average molecular weight is 419 g/mol. The van der Waals surface area contributed by atoms with Crippen molar-refractivity contribution in [2.24, 2.45) is 5.92 Å². The second kappa shape index (κ2) is 9.75. The molecular weight excluding hydrogens is 388 g/mol. The van der Waals surface area contributed by atoms with Crippen LogP contribution in [0.4, 0.5) is 0 Å². The molecule has 1 aliphatic heterocycles. The molecule has 0 radical (unpaired) electrons. The zero-order chi connectivity index (χ0) is 21.7. The molecule has 0 spiro atoms. The maximum Gasteiger partial charge on any atom is 0.183 e. The maximum absolute atomic E-state index is 10.2. The van der Waals surface area contributed by atoms with E-state index in [2.05, 4.69) is 43.3 Å². The Morgan fingerprint density at radius 2 is 1.29 bits per heavy atom. The van der Waals surface area contributed by atoms with E-state index in [1.807, 2.05) is 54.6 Å². The minimum Gasteiger partial charge on any atom is -0.388 e. The van der Waals surface area contributed by atoms with Gasteiger partial charge in [-0.25, -0.2) is 0 Å². The van der Waals surface area contributed by atoms with Gasteiger partial charge in [0, 0.05) is 7.11 Å². The summed E-state index contributed by atoms with van der Waals surface area (Å²) < 4.78 is 18.3. The Morgan fingerprint density at radius 1 is 0.839 bits per heavy atom. The Morgan fingerprint density at radius 3 is 1.71 bits per heavy atom. The summed E-state index contributed by atoms with van der Waals surface area (Å²) in [6.07, 6.45) is -0.840. The lowest BCUT2D eigenvalue weighted by molar-refractivity contribution is -0.255. The number of benzene rings is 3. The third-order valence-corrected chi connectivity index (χ3v) is 6.11. The lowest BCUT2D eigenvalue weighted by atomic mass is 9.80. The summed E-state index contributed by atoms with van der Waals surface area (Å²) >= 11 is 0. The van der Waals surface area contributed by atoms with Gasteiger partial charge in [0.15, 0.2) is 6.29 Å². The Balaban J connectivity index is 1.76. The Bertz CT molecular complexity index is 833. The molecule has 1 saturated heterocycles. The summed E-state index contributed by atoms with van der Waals surface area (Å²) in [5.74, 6) is 0.140. The zero-order valence-corrected chi connectivity index (χ0v) is 18.1. The van der Waals surface area contributed by atoms with Crippen molar-refractivity contribution in [1.29, 1.82) is 0 Å². The van der Waals surface area contributed by atoms with Crippen LogP contribution in [-0.4, -0.2) is 37.3 Å². The van der Waals surface area contributed by atoms with Crippen molar-refractivity contribution in [3.63, 3.8) is 0 Å². The van der Waals surface area contributed by atoms with E-state index in [4.69, 9.17) is 14.2 Å². The first-order valence-electron chi connectivity index (χ1n) is 10.8. The summed E-state index contributed by atoms with van der Waals surface area (Å²) in [5, 5.41) is 10.2. The molecule has 3 aromatic rings. The van der Waals surface area contributed by atoms with Gasteiger partial charge < -0.3 is 19.3 Å². The van der Waals surface area contributed by atoms with E-state index in [0.29, 0.717) is 13.0 Å². The van der Waals surface area contributed by atoms with Crippen molar-refractivity contribution in [3.8, 4) is 0 Å². The van der Waals surface area contributed by atoms with Crippen LogP contribution in [0.25, 0.3) is 0 Å². The topological polar surface area (TPSA) is 47.9 Å². The molecule has 4 rings (SSSR count). The van der Waals surface area contributed by atoms with Gasteiger partial charge in [0.25, 0.3) is 0 Å². The van der Waals surface area contributed by atoms with Crippen LogP contribution in [0.5, 0.6) is 0 Å². The van der Waals surface area contributed by atoms with Crippen molar-refractivity contribution < 1.29 is 19.3 Å². The van der Waals surface area contributed by atoms with E-state index in [0.717, 1.165) is 16.7 Å². The van der Waals surface area contributed by atoms with Gasteiger partial charge in [-0.15, -0.1) is 0 Å². The fourth-order valence-electron chi connectivity index (χ4n) is 4.43. The third kappa shape index (κ3) is 4.43. The van der Waals surface area contributed by atoms with E-state index < -0.39 is 18.0 Å². The van der Waals surface area contributed by atoms with Crippen LogP contribution in [0, 0.1) is 5.92 Å². The molecule has 1 fully saturated rings. The first-order chi connectivity index (χ1) is 15.1. The average Bonchev–Trinajstić information content (AvgIpc) is 2.83. The SMILES string of the molecule is CO[C@H]1O[C@H](COC(c2ccccc2)(c2ccccc2)c2ccccc2)C(C)C[C@@H]1O. The highest BCUT2D eigenvalue weighted by atomic mass is 16.7. The van der Waals surface area contributed by atoms with Gasteiger partial charge in [0.05, 0.1) is 12.7 Å². The van der Waals surface area contributed by atoms with Crippen LogP contribution in [0.3, 0.4) is 0 Å². The van der Waals surface area contributed by atoms with Gasteiger partial charge in [-0.3, -0.25) is 0 Å². The number of hydrogen-bond acceptors (Lipinski definition) is 4. The first-order valence-corrected chi connectivity index (χ1v) is 10.8. The Kier molecular flexibility index (Phi) is 6.83. The molecular formula is C27H30O4. The second-order valence-electron chi connectivity index (χ2n) is 8.15. The normalized spacial score (nSPS) is 24.1. The van der Waals surface area contributed by atoms with E-state index >= 15 is 0 Å². The molecule has 0 amide bonds. The molecule has 31 heavy (non-hydrogen) atoms. The second-order valence-corrected chi connectivity index (χ2v) is 8.15. The minimum absolute atomic E-state index is 0.140. The molecule has 0 saturated carbocycles. The zero-order valence-electron chi connectivity index (χ0n) is 18.1. The maximum atomic E-state index is 10.2. The molecule has 4 atom stereocenters. The van der Waals surface area contributed by atoms with E-state index in [1.165, 1.54) is 0 Å². The predicted octanol–water partition coefficient (Wildman–Crippen LogP) is 4.75. The first kappa shape index (κ1) is 21.7. The molecule has 0 aromatic heterocycles. The van der Waals surface area contributed by atoms with Crippen molar-refractivity contribution in [2.45, 2.75) is 37.4 Å². The van der Waals surface area contributed by atoms with E-state index in [9.17, 15) is 5.11 Å². The monoisotopic (exact) mass is 418 g/mol. The number of ether oxygens (including phenoxy) is 3. The number of aliphatic hydroxyl groups is 1. The van der Waals surface area contributed by atoms with Gasteiger partial charge in [-0.05, 0) is 29.0 Å². The Labute approximate surface area is 184 Å². The van der Waals surface area contributed by atoms with Crippen LogP contribution >= 0.6 is 0 Å². The van der Waals surface area contributed by atoms with Crippen LogP contribution in [-0.2, 0) is 19.8 Å². The van der Waals surface area contributed by atoms with Crippen molar-refractivity contribution in [1.82, 2.24) is 0 Å². The summed E-state index contributed by atoms with van der Waals surface area (Å²) in [6.45, 7) is 2.45. The summed E-state index contributed by atoms with van der Waals surface area (Å²) in [5.41, 5.74) is 2.38. The standard InChI is InChI=1S/C27H30O4/c1-20-18-24(28)26(29-2)31-25(20)19-30-27(21-12-6-3-7-13-21,22-14-8-4-9-15-22)23-16-10-5-11-17-23/h3-17,20,24-26,28H,18-19H2,1-2H3/t20?,24-,25+,26-/m0/s1. The molecule has 162 valence electrons.